The quantitative estimate of drug-likeness (QED) is 0.779. The number of ether oxygens (including phenoxy) is 1. The number of hydrogen-bond donors (Lipinski definition) is 1. The standard InChI is InChI=1S/C11H13F2NO4/c1-2-3-18-9(17)14-6-10(7(12)13)4-11(14,5-10)8(15)16/h2,7H,1,3-6H2,(H,15,16). The van der Waals surface area contributed by atoms with Crippen molar-refractivity contribution in [3.63, 3.8) is 0 Å². The Bertz CT molecular complexity index is 404. The van der Waals surface area contributed by atoms with Crippen LogP contribution in [0.5, 0.6) is 0 Å². The van der Waals surface area contributed by atoms with Gasteiger partial charge in [0.2, 0.25) is 6.43 Å². The second-order valence-corrected chi connectivity index (χ2v) is 4.81. The van der Waals surface area contributed by atoms with Crippen molar-refractivity contribution in [3.8, 4) is 0 Å². The number of nitrogens with zero attached hydrogens (tertiary/aromatic N) is 1. The molecule has 0 aromatic rings. The van der Waals surface area contributed by atoms with Gasteiger partial charge in [0.15, 0.2) is 0 Å². The highest BCUT2D eigenvalue weighted by molar-refractivity contribution is 5.87. The van der Waals surface area contributed by atoms with Crippen LogP contribution in [0.4, 0.5) is 13.6 Å². The summed E-state index contributed by atoms with van der Waals surface area (Å²) in [6, 6.07) is 0. The lowest BCUT2D eigenvalue weighted by Crippen LogP contribution is -2.58. The molecule has 7 heteroatoms. The lowest BCUT2D eigenvalue weighted by Gasteiger charge is -2.43. The zero-order chi connectivity index (χ0) is 13.6. The van der Waals surface area contributed by atoms with E-state index in [2.05, 4.69) is 6.58 Å². The number of carboxylic acid groups (broad SMARTS) is 1. The molecule has 3 rings (SSSR count). The summed E-state index contributed by atoms with van der Waals surface area (Å²) in [7, 11) is 0. The molecule has 1 aliphatic carbocycles. The van der Waals surface area contributed by atoms with E-state index in [1.54, 1.807) is 0 Å². The molecule has 0 spiro atoms. The molecule has 1 saturated carbocycles. The Labute approximate surface area is 102 Å². The number of amides is 1. The van der Waals surface area contributed by atoms with Crippen molar-refractivity contribution in [2.24, 2.45) is 5.41 Å². The molecule has 2 saturated heterocycles. The molecule has 0 aromatic carbocycles. The van der Waals surface area contributed by atoms with Crippen LogP contribution in [0.2, 0.25) is 0 Å². The van der Waals surface area contributed by atoms with Gasteiger partial charge in [-0.2, -0.15) is 0 Å². The van der Waals surface area contributed by atoms with Crippen molar-refractivity contribution < 1.29 is 28.2 Å². The monoisotopic (exact) mass is 261 g/mol. The van der Waals surface area contributed by atoms with E-state index in [4.69, 9.17) is 9.84 Å². The molecule has 1 amide bonds. The van der Waals surface area contributed by atoms with E-state index in [0.29, 0.717) is 0 Å². The summed E-state index contributed by atoms with van der Waals surface area (Å²) >= 11 is 0. The maximum Gasteiger partial charge on any atom is 0.411 e. The van der Waals surface area contributed by atoms with Crippen LogP contribution in [0, 0.1) is 5.41 Å². The van der Waals surface area contributed by atoms with E-state index in [9.17, 15) is 18.4 Å². The number of carboxylic acids is 1. The van der Waals surface area contributed by atoms with E-state index in [1.807, 2.05) is 0 Å². The normalized spacial score (nSPS) is 33.2. The zero-order valence-electron chi connectivity index (χ0n) is 9.57. The summed E-state index contributed by atoms with van der Waals surface area (Å²) in [6.07, 6.45) is -2.61. The lowest BCUT2D eigenvalue weighted by atomic mass is 9.62. The summed E-state index contributed by atoms with van der Waals surface area (Å²) in [5, 5.41) is 9.14. The summed E-state index contributed by atoms with van der Waals surface area (Å²) in [5.41, 5.74) is -2.90. The van der Waals surface area contributed by atoms with Gasteiger partial charge in [-0.15, -0.1) is 0 Å². The lowest BCUT2D eigenvalue weighted by molar-refractivity contribution is -0.158. The Kier molecular flexibility index (Phi) is 2.79. The van der Waals surface area contributed by atoms with Crippen molar-refractivity contribution in [2.45, 2.75) is 24.8 Å². The van der Waals surface area contributed by atoms with Gasteiger partial charge >= 0.3 is 12.1 Å². The molecule has 2 aliphatic heterocycles. The summed E-state index contributed by atoms with van der Waals surface area (Å²) in [5.74, 6) is -1.26. The van der Waals surface area contributed by atoms with Crippen LogP contribution in [0.1, 0.15) is 12.8 Å². The third-order valence-electron chi connectivity index (χ3n) is 3.68. The first kappa shape index (κ1) is 12.8. The van der Waals surface area contributed by atoms with Crippen LogP contribution in [0.15, 0.2) is 12.7 Å². The molecule has 0 radical (unpaired) electrons. The van der Waals surface area contributed by atoms with Gasteiger partial charge in [-0.05, 0) is 12.8 Å². The molecule has 18 heavy (non-hydrogen) atoms. The van der Waals surface area contributed by atoms with E-state index in [1.165, 1.54) is 6.08 Å². The summed E-state index contributed by atoms with van der Waals surface area (Å²) < 4.78 is 30.5. The van der Waals surface area contributed by atoms with Gasteiger partial charge in [0.25, 0.3) is 0 Å². The number of hydrogen-bond acceptors (Lipinski definition) is 3. The molecule has 3 fully saturated rings. The number of carbonyl (C=O) groups is 2. The van der Waals surface area contributed by atoms with Crippen LogP contribution < -0.4 is 0 Å². The average molecular weight is 261 g/mol. The number of rotatable bonds is 4. The van der Waals surface area contributed by atoms with Crippen molar-refractivity contribution in [1.29, 1.82) is 0 Å². The third-order valence-corrected chi connectivity index (χ3v) is 3.68. The summed E-state index contributed by atoms with van der Waals surface area (Å²) in [6.45, 7) is 3.00. The Morgan fingerprint density at radius 1 is 1.50 bits per heavy atom. The first-order chi connectivity index (χ1) is 8.38. The summed E-state index contributed by atoms with van der Waals surface area (Å²) in [4.78, 5) is 23.8. The van der Waals surface area contributed by atoms with E-state index >= 15 is 0 Å². The van der Waals surface area contributed by atoms with E-state index in [-0.39, 0.29) is 26.0 Å². The van der Waals surface area contributed by atoms with Crippen molar-refractivity contribution >= 4 is 12.1 Å². The third kappa shape index (κ3) is 1.49. The average Bonchev–Trinajstić information content (AvgIpc) is 2.77. The minimum Gasteiger partial charge on any atom is -0.479 e. The van der Waals surface area contributed by atoms with Crippen molar-refractivity contribution in [1.82, 2.24) is 4.90 Å². The van der Waals surface area contributed by atoms with Crippen LogP contribution >= 0.6 is 0 Å². The first-order valence-electron chi connectivity index (χ1n) is 5.45. The minimum absolute atomic E-state index is 0.0767. The number of carbonyl (C=O) groups excluding carboxylic acids is 1. The molecule has 2 bridgehead atoms. The van der Waals surface area contributed by atoms with Crippen LogP contribution in [-0.4, -0.2) is 47.2 Å². The molecule has 5 nitrogen and oxygen atoms in total. The Balaban J connectivity index is 2.18. The number of fused-ring (bicyclic) bond motifs is 1. The molecule has 3 aliphatic rings. The minimum atomic E-state index is -2.64. The Morgan fingerprint density at radius 3 is 2.56 bits per heavy atom. The fourth-order valence-electron chi connectivity index (χ4n) is 2.82. The maximum absolute atomic E-state index is 12.9. The second kappa shape index (κ2) is 3.93. The fraction of sp³-hybridized carbons (Fsp3) is 0.636. The van der Waals surface area contributed by atoms with Gasteiger partial charge in [-0.1, -0.05) is 12.7 Å². The molecule has 2 heterocycles. The smallest absolute Gasteiger partial charge is 0.411 e. The van der Waals surface area contributed by atoms with Crippen LogP contribution in [0.3, 0.4) is 0 Å². The highest BCUT2D eigenvalue weighted by Gasteiger charge is 2.74. The van der Waals surface area contributed by atoms with E-state index in [0.717, 1.165) is 4.90 Å². The molecule has 100 valence electrons. The number of halogens is 2. The van der Waals surface area contributed by atoms with E-state index < -0.39 is 29.4 Å². The molecule has 0 aromatic heterocycles. The van der Waals surface area contributed by atoms with Crippen LogP contribution in [0.25, 0.3) is 0 Å². The first-order valence-corrected chi connectivity index (χ1v) is 5.45. The Morgan fingerprint density at radius 2 is 2.11 bits per heavy atom. The van der Waals surface area contributed by atoms with Crippen LogP contribution in [-0.2, 0) is 9.53 Å². The molecule has 0 unspecified atom stereocenters. The van der Waals surface area contributed by atoms with Gasteiger partial charge < -0.3 is 9.84 Å². The highest BCUT2D eigenvalue weighted by Crippen LogP contribution is 2.62. The topological polar surface area (TPSA) is 66.8 Å². The molecular weight excluding hydrogens is 248 g/mol. The van der Waals surface area contributed by atoms with Crippen molar-refractivity contribution in [2.75, 3.05) is 13.2 Å². The van der Waals surface area contributed by atoms with Gasteiger partial charge in [-0.25, -0.2) is 18.4 Å². The second-order valence-electron chi connectivity index (χ2n) is 4.81. The maximum atomic E-state index is 12.9. The predicted molar refractivity (Wildman–Crippen MR) is 56.3 cm³/mol. The Hall–Kier alpha value is -1.66. The zero-order valence-corrected chi connectivity index (χ0v) is 9.57. The van der Waals surface area contributed by atoms with Gasteiger partial charge in [0.1, 0.15) is 12.1 Å². The fourth-order valence-corrected chi connectivity index (χ4v) is 2.82. The van der Waals surface area contributed by atoms with Crippen molar-refractivity contribution in [3.05, 3.63) is 12.7 Å². The molecular formula is C11H13F2NO4. The molecule has 1 N–H and O–H groups in total. The predicted octanol–water partition coefficient (Wildman–Crippen LogP) is 1.49. The SMILES string of the molecule is C=CCOC(=O)N1CC2(C(F)F)CC1(C(=O)O)C2. The number of alkyl halides is 2. The van der Waals surface area contributed by atoms with Gasteiger partial charge in [0.05, 0.1) is 5.41 Å². The molecule has 0 atom stereocenters. The highest BCUT2D eigenvalue weighted by atomic mass is 19.3. The number of aliphatic carboxylic acids is 1. The van der Waals surface area contributed by atoms with Gasteiger partial charge in [0, 0.05) is 6.54 Å². The largest absolute Gasteiger partial charge is 0.479 e. The van der Waals surface area contributed by atoms with Gasteiger partial charge in [-0.3, -0.25) is 4.90 Å².